The first kappa shape index (κ1) is 13.5. The van der Waals surface area contributed by atoms with Gasteiger partial charge in [-0.15, -0.1) is 5.10 Å². The number of hydrogen-bond donors (Lipinski definition) is 1. The van der Waals surface area contributed by atoms with E-state index < -0.39 is 17.3 Å². The second-order valence-corrected chi connectivity index (χ2v) is 4.60. The van der Waals surface area contributed by atoms with Gasteiger partial charge in [-0.05, 0) is 26.0 Å². The molecule has 19 heavy (non-hydrogen) atoms. The summed E-state index contributed by atoms with van der Waals surface area (Å²) in [7, 11) is 0. The second-order valence-electron chi connectivity index (χ2n) is 4.60. The van der Waals surface area contributed by atoms with Crippen molar-refractivity contribution >= 4 is 0 Å². The molecular formula is C12H12F3N3O. The van der Waals surface area contributed by atoms with Crippen molar-refractivity contribution in [2.24, 2.45) is 0 Å². The predicted molar refractivity (Wildman–Crippen MR) is 61.6 cm³/mol. The molecule has 0 aliphatic heterocycles. The van der Waals surface area contributed by atoms with E-state index in [2.05, 4.69) is 10.3 Å². The van der Waals surface area contributed by atoms with Crippen LogP contribution in [0.1, 0.15) is 25.1 Å². The van der Waals surface area contributed by atoms with Crippen molar-refractivity contribution in [3.63, 3.8) is 0 Å². The maximum Gasteiger partial charge on any atom is 0.418 e. The summed E-state index contributed by atoms with van der Waals surface area (Å²) in [6.07, 6.45) is -3.26. The quantitative estimate of drug-likeness (QED) is 0.913. The van der Waals surface area contributed by atoms with E-state index >= 15 is 0 Å². The molecule has 0 fully saturated rings. The van der Waals surface area contributed by atoms with Gasteiger partial charge in [-0.2, -0.15) is 13.2 Å². The van der Waals surface area contributed by atoms with Crippen molar-refractivity contribution in [1.29, 1.82) is 0 Å². The van der Waals surface area contributed by atoms with Crippen molar-refractivity contribution in [1.82, 2.24) is 15.0 Å². The lowest BCUT2D eigenvalue weighted by Gasteiger charge is -2.20. The zero-order valence-electron chi connectivity index (χ0n) is 10.3. The van der Waals surface area contributed by atoms with Crippen molar-refractivity contribution in [3.05, 3.63) is 41.7 Å². The molecule has 0 unspecified atom stereocenters. The number of hydrogen-bond acceptors (Lipinski definition) is 3. The van der Waals surface area contributed by atoms with Crippen LogP contribution in [0.2, 0.25) is 0 Å². The van der Waals surface area contributed by atoms with E-state index in [-0.39, 0.29) is 11.4 Å². The van der Waals surface area contributed by atoms with Crippen LogP contribution in [0.25, 0.3) is 5.69 Å². The fourth-order valence-electron chi connectivity index (χ4n) is 1.73. The third kappa shape index (κ3) is 2.60. The molecule has 0 atom stereocenters. The smallest absolute Gasteiger partial charge is 0.384 e. The first-order chi connectivity index (χ1) is 8.71. The monoisotopic (exact) mass is 271 g/mol. The Balaban J connectivity index is 2.65. The Morgan fingerprint density at radius 3 is 2.37 bits per heavy atom. The fraction of sp³-hybridized carbons (Fsp3) is 0.333. The van der Waals surface area contributed by atoms with Crippen LogP contribution >= 0.6 is 0 Å². The SMILES string of the molecule is CC(C)(O)c1cnnn1-c1ccccc1C(F)(F)F. The van der Waals surface area contributed by atoms with Crippen LogP contribution in [0.15, 0.2) is 30.5 Å². The number of halogens is 3. The molecule has 0 radical (unpaired) electrons. The first-order valence-electron chi connectivity index (χ1n) is 5.51. The number of benzene rings is 1. The van der Waals surface area contributed by atoms with Gasteiger partial charge >= 0.3 is 6.18 Å². The fourth-order valence-corrected chi connectivity index (χ4v) is 1.73. The van der Waals surface area contributed by atoms with E-state index in [9.17, 15) is 18.3 Å². The highest BCUT2D eigenvalue weighted by molar-refractivity contribution is 5.43. The highest BCUT2D eigenvalue weighted by atomic mass is 19.4. The summed E-state index contributed by atoms with van der Waals surface area (Å²) < 4.78 is 39.8. The molecule has 0 aliphatic carbocycles. The third-order valence-electron chi connectivity index (χ3n) is 2.61. The number of rotatable bonds is 2. The zero-order valence-corrected chi connectivity index (χ0v) is 10.3. The summed E-state index contributed by atoms with van der Waals surface area (Å²) in [6, 6.07) is 5.02. The van der Waals surface area contributed by atoms with E-state index in [1.54, 1.807) is 0 Å². The van der Waals surface area contributed by atoms with Gasteiger partial charge in [-0.25, -0.2) is 4.68 Å². The van der Waals surface area contributed by atoms with Gasteiger partial charge in [0.15, 0.2) is 0 Å². The van der Waals surface area contributed by atoms with Crippen LogP contribution in [0, 0.1) is 0 Å². The van der Waals surface area contributed by atoms with Gasteiger partial charge in [-0.3, -0.25) is 0 Å². The summed E-state index contributed by atoms with van der Waals surface area (Å²) in [4.78, 5) is 0. The van der Waals surface area contributed by atoms with Crippen molar-refractivity contribution in [2.45, 2.75) is 25.6 Å². The van der Waals surface area contributed by atoms with Gasteiger partial charge in [0, 0.05) is 0 Å². The number of nitrogens with zero attached hydrogens (tertiary/aromatic N) is 3. The minimum atomic E-state index is -4.50. The highest BCUT2D eigenvalue weighted by Crippen LogP contribution is 2.34. The molecule has 0 amide bonds. The molecule has 0 saturated heterocycles. The van der Waals surface area contributed by atoms with Crippen LogP contribution in [0.4, 0.5) is 13.2 Å². The zero-order chi connectivity index (χ0) is 14.3. The summed E-state index contributed by atoms with van der Waals surface area (Å²) >= 11 is 0. The second kappa shape index (κ2) is 4.34. The molecule has 4 nitrogen and oxygen atoms in total. The lowest BCUT2D eigenvalue weighted by Crippen LogP contribution is -2.22. The van der Waals surface area contributed by atoms with Gasteiger partial charge in [0.05, 0.1) is 23.1 Å². The molecule has 2 rings (SSSR count). The largest absolute Gasteiger partial charge is 0.418 e. The summed E-state index contributed by atoms with van der Waals surface area (Å²) in [6.45, 7) is 2.91. The maximum atomic E-state index is 12.9. The summed E-state index contributed by atoms with van der Waals surface area (Å²) in [5.41, 5.74) is -2.15. The number of alkyl halides is 3. The minimum absolute atomic E-state index is 0.162. The molecule has 102 valence electrons. The summed E-state index contributed by atoms with van der Waals surface area (Å²) in [5.74, 6) is 0. The lowest BCUT2D eigenvalue weighted by molar-refractivity contribution is -0.137. The molecule has 2 aromatic rings. The average Bonchev–Trinajstić information content (AvgIpc) is 2.76. The van der Waals surface area contributed by atoms with E-state index in [0.29, 0.717) is 0 Å². The molecule has 0 saturated carbocycles. The Hall–Kier alpha value is -1.89. The van der Waals surface area contributed by atoms with Gasteiger partial charge in [0.25, 0.3) is 0 Å². The Labute approximate surface area is 107 Å². The average molecular weight is 271 g/mol. The predicted octanol–water partition coefficient (Wildman–Crippen LogP) is 2.51. The van der Waals surface area contributed by atoms with Crippen molar-refractivity contribution in [2.75, 3.05) is 0 Å². The Morgan fingerprint density at radius 1 is 1.16 bits per heavy atom. The van der Waals surface area contributed by atoms with Crippen molar-refractivity contribution in [3.8, 4) is 5.69 Å². The topological polar surface area (TPSA) is 50.9 Å². The molecule has 1 heterocycles. The third-order valence-corrected chi connectivity index (χ3v) is 2.61. The molecule has 1 aromatic heterocycles. The van der Waals surface area contributed by atoms with Crippen LogP contribution in [0.5, 0.6) is 0 Å². The number of aliphatic hydroxyl groups is 1. The van der Waals surface area contributed by atoms with Gasteiger partial charge in [-0.1, -0.05) is 17.3 Å². The van der Waals surface area contributed by atoms with E-state index in [0.717, 1.165) is 10.7 Å². The van der Waals surface area contributed by atoms with Gasteiger partial charge in [0.2, 0.25) is 0 Å². The Kier molecular flexibility index (Phi) is 3.09. The van der Waals surface area contributed by atoms with Crippen LogP contribution < -0.4 is 0 Å². The van der Waals surface area contributed by atoms with Gasteiger partial charge in [0.1, 0.15) is 5.60 Å². The molecule has 1 N–H and O–H groups in total. The number of para-hydroxylation sites is 1. The molecule has 7 heteroatoms. The minimum Gasteiger partial charge on any atom is -0.384 e. The lowest BCUT2D eigenvalue weighted by atomic mass is 10.1. The Bertz CT molecular complexity index is 584. The van der Waals surface area contributed by atoms with Crippen molar-refractivity contribution < 1.29 is 18.3 Å². The van der Waals surface area contributed by atoms with Crippen LogP contribution in [-0.4, -0.2) is 20.1 Å². The maximum absolute atomic E-state index is 12.9. The van der Waals surface area contributed by atoms with E-state index in [4.69, 9.17) is 0 Å². The summed E-state index contributed by atoms with van der Waals surface area (Å²) in [5, 5.41) is 17.1. The van der Waals surface area contributed by atoms with Crippen LogP contribution in [-0.2, 0) is 11.8 Å². The molecule has 0 spiro atoms. The van der Waals surface area contributed by atoms with Gasteiger partial charge < -0.3 is 5.11 Å². The van der Waals surface area contributed by atoms with Crippen LogP contribution in [0.3, 0.4) is 0 Å². The first-order valence-corrected chi connectivity index (χ1v) is 5.51. The molecule has 0 aliphatic rings. The standard InChI is InChI=1S/C12H12F3N3O/c1-11(2,19)10-7-16-17-18(10)9-6-4-3-5-8(9)12(13,14)15/h3-7,19H,1-2H3. The molecule has 1 aromatic carbocycles. The molecule has 0 bridgehead atoms. The number of aromatic nitrogens is 3. The van der Waals surface area contributed by atoms with E-state index in [1.807, 2.05) is 0 Å². The normalized spacial score (nSPS) is 12.7. The Morgan fingerprint density at radius 2 is 1.79 bits per heavy atom. The molecular weight excluding hydrogens is 259 g/mol. The van der Waals surface area contributed by atoms with E-state index in [1.165, 1.54) is 38.2 Å². The highest BCUT2D eigenvalue weighted by Gasteiger charge is 2.35.